The topological polar surface area (TPSA) is 133 Å². The van der Waals surface area contributed by atoms with Gasteiger partial charge in [-0.25, -0.2) is 4.98 Å². The van der Waals surface area contributed by atoms with E-state index in [-0.39, 0.29) is 22.7 Å². The second-order valence-electron chi connectivity index (χ2n) is 4.39. The van der Waals surface area contributed by atoms with Gasteiger partial charge < -0.3 is 9.52 Å². The highest BCUT2D eigenvalue weighted by atomic mass is 16.6. The largest absolute Gasteiger partial charge is 0.502 e. The monoisotopic (exact) mass is 301 g/mol. The molecule has 22 heavy (non-hydrogen) atoms. The first kappa shape index (κ1) is 13.5. The van der Waals surface area contributed by atoms with Gasteiger partial charge in [-0.2, -0.15) is 0 Å². The molecule has 9 nitrogen and oxygen atoms in total. The quantitative estimate of drug-likeness (QED) is 0.580. The van der Waals surface area contributed by atoms with Gasteiger partial charge in [0.05, 0.1) is 9.85 Å². The smallest absolute Gasteiger partial charge is 0.311 e. The molecule has 110 valence electrons. The molecule has 0 aliphatic rings. The van der Waals surface area contributed by atoms with Crippen molar-refractivity contribution in [1.29, 1.82) is 0 Å². The number of phenolic OH excluding ortho intramolecular Hbond substituents is 1. The minimum atomic E-state index is -0.730. The standard InChI is InChI=1S/C13H7N3O6/c17-11-3-1-7(5-10(11)16(20)21)13-14-9-6-8(15(18)19)2-4-12(9)22-13/h1-6,17H. The summed E-state index contributed by atoms with van der Waals surface area (Å²) in [4.78, 5) is 24.3. The fraction of sp³-hybridized carbons (Fsp3) is 0. The molecule has 0 saturated heterocycles. The summed E-state index contributed by atoms with van der Waals surface area (Å²) in [7, 11) is 0. The van der Waals surface area contributed by atoms with Crippen molar-refractivity contribution >= 4 is 22.5 Å². The predicted octanol–water partition coefficient (Wildman–Crippen LogP) is 3.02. The van der Waals surface area contributed by atoms with Crippen molar-refractivity contribution in [3.63, 3.8) is 0 Å². The first-order valence-electron chi connectivity index (χ1n) is 5.98. The number of phenols is 1. The van der Waals surface area contributed by atoms with Crippen LogP contribution in [0.1, 0.15) is 0 Å². The molecule has 1 N–H and O–H groups in total. The lowest BCUT2D eigenvalue weighted by Gasteiger charge is -1.98. The fourth-order valence-electron chi connectivity index (χ4n) is 1.96. The normalized spacial score (nSPS) is 10.7. The average Bonchev–Trinajstić information content (AvgIpc) is 2.90. The van der Waals surface area contributed by atoms with Crippen molar-refractivity contribution in [1.82, 2.24) is 4.98 Å². The molecule has 0 spiro atoms. The van der Waals surface area contributed by atoms with E-state index in [9.17, 15) is 25.3 Å². The number of aromatic nitrogens is 1. The molecule has 0 radical (unpaired) electrons. The molecular formula is C13H7N3O6. The van der Waals surface area contributed by atoms with Gasteiger partial charge >= 0.3 is 5.69 Å². The maximum atomic E-state index is 10.8. The average molecular weight is 301 g/mol. The van der Waals surface area contributed by atoms with E-state index < -0.39 is 21.3 Å². The van der Waals surface area contributed by atoms with Crippen LogP contribution in [0.2, 0.25) is 0 Å². The van der Waals surface area contributed by atoms with E-state index in [1.165, 1.54) is 24.3 Å². The van der Waals surface area contributed by atoms with Crippen molar-refractivity contribution in [2.24, 2.45) is 0 Å². The number of oxazole rings is 1. The third-order valence-electron chi connectivity index (χ3n) is 3.00. The Morgan fingerprint density at radius 3 is 2.50 bits per heavy atom. The van der Waals surface area contributed by atoms with Gasteiger partial charge in [0.25, 0.3) is 5.69 Å². The Balaban J connectivity index is 2.12. The number of hydrogen-bond acceptors (Lipinski definition) is 7. The number of fused-ring (bicyclic) bond motifs is 1. The maximum Gasteiger partial charge on any atom is 0.311 e. The van der Waals surface area contributed by atoms with Gasteiger partial charge in [0, 0.05) is 23.8 Å². The van der Waals surface area contributed by atoms with Gasteiger partial charge in [-0.3, -0.25) is 20.2 Å². The molecule has 0 unspecified atom stereocenters. The van der Waals surface area contributed by atoms with Gasteiger partial charge in [0.2, 0.25) is 5.89 Å². The summed E-state index contributed by atoms with van der Waals surface area (Å²) in [6, 6.07) is 7.60. The number of non-ortho nitro benzene ring substituents is 1. The molecule has 0 aliphatic carbocycles. The van der Waals surface area contributed by atoms with Crippen LogP contribution in [0, 0.1) is 20.2 Å². The van der Waals surface area contributed by atoms with Crippen LogP contribution in [0.4, 0.5) is 11.4 Å². The number of nitro groups is 2. The van der Waals surface area contributed by atoms with Crippen molar-refractivity contribution in [3.8, 4) is 17.2 Å². The maximum absolute atomic E-state index is 10.8. The van der Waals surface area contributed by atoms with Crippen molar-refractivity contribution in [3.05, 3.63) is 56.6 Å². The zero-order valence-corrected chi connectivity index (χ0v) is 10.8. The zero-order chi connectivity index (χ0) is 15.9. The van der Waals surface area contributed by atoms with Crippen molar-refractivity contribution in [2.45, 2.75) is 0 Å². The molecule has 0 aliphatic heterocycles. The van der Waals surface area contributed by atoms with Crippen LogP contribution >= 0.6 is 0 Å². The van der Waals surface area contributed by atoms with Crippen LogP contribution in [0.5, 0.6) is 5.75 Å². The van der Waals surface area contributed by atoms with Crippen molar-refractivity contribution in [2.75, 3.05) is 0 Å². The molecule has 0 bridgehead atoms. The molecular weight excluding hydrogens is 294 g/mol. The van der Waals surface area contributed by atoms with E-state index in [1.54, 1.807) is 0 Å². The summed E-state index contributed by atoms with van der Waals surface area (Å²) in [5, 5.41) is 31.0. The highest BCUT2D eigenvalue weighted by Crippen LogP contribution is 2.33. The molecule has 0 amide bonds. The van der Waals surface area contributed by atoms with E-state index in [2.05, 4.69) is 4.98 Å². The lowest BCUT2D eigenvalue weighted by molar-refractivity contribution is -0.385. The molecule has 2 aromatic carbocycles. The Morgan fingerprint density at radius 2 is 1.82 bits per heavy atom. The Hall–Kier alpha value is -3.49. The molecule has 9 heteroatoms. The van der Waals surface area contributed by atoms with Crippen LogP contribution < -0.4 is 0 Å². The summed E-state index contributed by atoms with van der Waals surface area (Å²) < 4.78 is 5.43. The highest BCUT2D eigenvalue weighted by molar-refractivity contribution is 5.79. The lowest BCUT2D eigenvalue weighted by atomic mass is 10.2. The van der Waals surface area contributed by atoms with Crippen molar-refractivity contribution < 1.29 is 19.4 Å². The summed E-state index contributed by atoms with van der Waals surface area (Å²) in [5.74, 6) is -0.404. The Labute approximate surface area is 121 Å². The third-order valence-corrected chi connectivity index (χ3v) is 3.00. The summed E-state index contributed by atoms with van der Waals surface area (Å²) in [6.07, 6.45) is 0. The summed E-state index contributed by atoms with van der Waals surface area (Å²) >= 11 is 0. The van der Waals surface area contributed by atoms with E-state index in [4.69, 9.17) is 4.42 Å². The van der Waals surface area contributed by atoms with E-state index in [1.807, 2.05) is 0 Å². The summed E-state index contributed by atoms with van der Waals surface area (Å²) in [5.41, 5.74) is 0.245. The van der Waals surface area contributed by atoms with Gasteiger partial charge in [-0.15, -0.1) is 0 Å². The third kappa shape index (κ3) is 2.20. The number of nitrogens with zero attached hydrogens (tertiary/aromatic N) is 3. The van der Waals surface area contributed by atoms with Gasteiger partial charge in [0.1, 0.15) is 5.52 Å². The fourth-order valence-corrected chi connectivity index (χ4v) is 1.96. The van der Waals surface area contributed by atoms with E-state index >= 15 is 0 Å². The van der Waals surface area contributed by atoms with Crippen LogP contribution in [-0.4, -0.2) is 19.9 Å². The second-order valence-corrected chi connectivity index (χ2v) is 4.39. The number of aromatic hydroxyl groups is 1. The Morgan fingerprint density at radius 1 is 1.05 bits per heavy atom. The Kier molecular flexibility index (Phi) is 2.95. The first-order chi connectivity index (χ1) is 10.5. The van der Waals surface area contributed by atoms with Crippen LogP contribution in [0.15, 0.2) is 40.8 Å². The number of nitro benzene ring substituents is 2. The zero-order valence-electron chi connectivity index (χ0n) is 10.8. The van der Waals surface area contributed by atoms with E-state index in [0.717, 1.165) is 12.1 Å². The van der Waals surface area contributed by atoms with Crippen LogP contribution in [0.3, 0.4) is 0 Å². The number of rotatable bonds is 3. The minimum absolute atomic E-state index is 0.0681. The first-order valence-corrected chi connectivity index (χ1v) is 5.98. The molecule has 1 heterocycles. The Bertz CT molecular complexity index is 917. The number of benzene rings is 2. The lowest BCUT2D eigenvalue weighted by Crippen LogP contribution is -1.89. The van der Waals surface area contributed by atoms with Crippen LogP contribution in [-0.2, 0) is 0 Å². The molecule has 0 fully saturated rings. The molecule has 1 aromatic heterocycles. The van der Waals surface area contributed by atoms with E-state index in [0.29, 0.717) is 5.58 Å². The predicted molar refractivity (Wildman–Crippen MR) is 74.4 cm³/mol. The van der Waals surface area contributed by atoms with Gasteiger partial charge in [-0.1, -0.05) is 0 Å². The second kappa shape index (κ2) is 4.81. The molecule has 3 aromatic rings. The minimum Gasteiger partial charge on any atom is -0.502 e. The molecule has 0 saturated carbocycles. The molecule has 0 atom stereocenters. The SMILES string of the molecule is O=[N+]([O-])c1ccc2oc(-c3ccc(O)c([N+](=O)[O-])c3)nc2c1. The van der Waals surface area contributed by atoms with Crippen LogP contribution in [0.25, 0.3) is 22.6 Å². The molecule has 3 rings (SSSR count). The summed E-state index contributed by atoms with van der Waals surface area (Å²) in [6.45, 7) is 0. The number of hydrogen-bond donors (Lipinski definition) is 1. The van der Waals surface area contributed by atoms with Gasteiger partial charge in [0.15, 0.2) is 11.3 Å². The van der Waals surface area contributed by atoms with Gasteiger partial charge in [-0.05, 0) is 18.2 Å². The highest BCUT2D eigenvalue weighted by Gasteiger charge is 2.18.